The van der Waals surface area contributed by atoms with Crippen LogP contribution < -0.4 is 14.8 Å². The number of nitrogens with one attached hydrogen (secondary N) is 1. The van der Waals surface area contributed by atoms with Crippen molar-refractivity contribution in [3.63, 3.8) is 0 Å². The van der Waals surface area contributed by atoms with Gasteiger partial charge in [0.1, 0.15) is 19.0 Å². The molecule has 2 aromatic rings. The van der Waals surface area contributed by atoms with E-state index in [0.29, 0.717) is 34.9 Å². The summed E-state index contributed by atoms with van der Waals surface area (Å²) in [6.07, 6.45) is 0. The molecule has 0 unspecified atom stereocenters. The highest BCUT2D eigenvalue weighted by molar-refractivity contribution is 9.10. The van der Waals surface area contributed by atoms with Gasteiger partial charge in [0.05, 0.1) is 5.69 Å². The van der Waals surface area contributed by atoms with Crippen LogP contribution in [0.25, 0.3) is 0 Å². The molecular formula is C15H11BrFNO3. The molecule has 1 N–H and O–H groups in total. The molecule has 1 aliphatic heterocycles. The molecule has 0 fully saturated rings. The molecule has 0 bridgehead atoms. The van der Waals surface area contributed by atoms with Crippen molar-refractivity contribution < 1.29 is 18.7 Å². The van der Waals surface area contributed by atoms with E-state index in [1.165, 1.54) is 18.2 Å². The second-order valence-corrected chi connectivity index (χ2v) is 5.29. The van der Waals surface area contributed by atoms with Gasteiger partial charge < -0.3 is 14.8 Å². The maximum atomic E-state index is 13.1. The van der Waals surface area contributed by atoms with E-state index < -0.39 is 11.7 Å². The summed E-state index contributed by atoms with van der Waals surface area (Å²) >= 11 is 3.37. The van der Waals surface area contributed by atoms with Gasteiger partial charge in [-0.25, -0.2) is 4.39 Å². The fourth-order valence-electron chi connectivity index (χ4n) is 1.98. The van der Waals surface area contributed by atoms with Crippen molar-refractivity contribution in [3.8, 4) is 11.5 Å². The molecule has 1 heterocycles. The molecule has 3 rings (SSSR count). The van der Waals surface area contributed by atoms with Gasteiger partial charge in [-0.2, -0.15) is 0 Å². The van der Waals surface area contributed by atoms with E-state index in [2.05, 4.69) is 21.2 Å². The molecule has 0 aromatic heterocycles. The molecule has 21 heavy (non-hydrogen) atoms. The van der Waals surface area contributed by atoms with Crippen LogP contribution >= 0.6 is 15.9 Å². The SMILES string of the molecule is O=C(Nc1cc2c(cc1Br)OCCO2)c1cccc(F)c1. The first-order valence-corrected chi connectivity index (χ1v) is 7.09. The lowest BCUT2D eigenvalue weighted by molar-refractivity contribution is 0.102. The Hall–Kier alpha value is -2.08. The van der Waals surface area contributed by atoms with Gasteiger partial charge in [-0.15, -0.1) is 0 Å². The van der Waals surface area contributed by atoms with Crippen molar-refractivity contribution in [2.24, 2.45) is 0 Å². The van der Waals surface area contributed by atoms with Crippen molar-refractivity contribution in [1.82, 2.24) is 0 Å². The molecule has 2 aromatic carbocycles. The maximum Gasteiger partial charge on any atom is 0.255 e. The minimum atomic E-state index is -0.455. The molecule has 0 spiro atoms. The van der Waals surface area contributed by atoms with E-state index >= 15 is 0 Å². The first kappa shape index (κ1) is 13.9. The summed E-state index contributed by atoms with van der Waals surface area (Å²) in [6, 6.07) is 8.91. The summed E-state index contributed by atoms with van der Waals surface area (Å²) in [5.74, 6) is 0.339. The molecule has 1 aliphatic rings. The van der Waals surface area contributed by atoms with Gasteiger partial charge in [-0.1, -0.05) is 6.07 Å². The minimum Gasteiger partial charge on any atom is -0.486 e. The molecular weight excluding hydrogens is 341 g/mol. The fraction of sp³-hybridized carbons (Fsp3) is 0.133. The monoisotopic (exact) mass is 351 g/mol. The second kappa shape index (κ2) is 5.73. The highest BCUT2D eigenvalue weighted by atomic mass is 79.9. The van der Waals surface area contributed by atoms with Crippen LogP contribution in [0, 0.1) is 5.82 Å². The third-order valence-corrected chi connectivity index (χ3v) is 3.62. The molecule has 6 heteroatoms. The lowest BCUT2D eigenvalue weighted by Crippen LogP contribution is -2.17. The number of anilines is 1. The number of hydrogen-bond acceptors (Lipinski definition) is 3. The topological polar surface area (TPSA) is 47.6 Å². The average molecular weight is 352 g/mol. The van der Waals surface area contributed by atoms with Crippen LogP contribution in [-0.2, 0) is 0 Å². The van der Waals surface area contributed by atoms with Crippen molar-refractivity contribution in [2.45, 2.75) is 0 Å². The molecule has 0 atom stereocenters. The number of carbonyl (C=O) groups is 1. The Morgan fingerprint density at radius 3 is 2.57 bits per heavy atom. The average Bonchev–Trinajstić information content (AvgIpc) is 2.48. The Morgan fingerprint density at radius 2 is 1.86 bits per heavy atom. The molecule has 0 radical (unpaired) electrons. The first-order chi connectivity index (χ1) is 10.1. The van der Waals surface area contributed by atoms with E-state index in [0.717, 1.165) is 0 Å². The number of hydrogen-bond donors (Lipinski definition) is 1. The molecule has 4 nitrogen and oxygen atoms in total. The minimum absolute atomic E-state index is 0.247. The quantitative estimate of drug-likeness (QED) is 0.898. The van der Waals surface area contributed by atoms with Gasteiger partial charge >= 0.3 is 0 Å². The fourth-order valence-corrected chi connectivity index (χ4v) is 2.41. The van der Waals surface area contributed by atoms with E-state index in [-0.39, 0.29) is 5.56 Å². The normalized spacial score (nSPS) is 12.9. The molecule has 0 aliphatic carbocycles. The maximum absolute atomic E-state index is 13.1. The van der Waals surface area contributed by atoms with Gasteiger partial charge in [0.2, 0.25) is 0 Å². The van der Waals surface area contributed by atoms with Crippen LogP contribution in [0.15, 0.2) is 40.9 Å². The summed E-state index contributed by atoms with van der Waals surface area (Å²) < 4.78 is 24.7. The predicted octanol–water partition coefficient (Wildman–Crippen LogP) is 3.61. The van der Waals surface area contributed by atoms with Gasteiger partial charge in [0.25, 0.3) is 5.91 Å². The highest BCUT2D eigenvalue weighted by Gasteiger charge is 2.16. The third-order valence-electron chi connectivity index (χ3n) is 2.97. The van der Waals surface area contributed by atoms with Crippen molar-refractivity contribution >= 4 is 27.5 Å². The van der Waals surface area contributed by atoms with E-state index in [4.69, 9.17) is 9.47 Å². The lowest BCUT2D eigenvalue weighted by Gasteiger charge is -2.20. The first-order valence-electron chi connectivity index (χ1n) is 6.29. The molecule has 0 saturated carbocycles. The van der Waals surface area contributed by atoms with Crippen LogP contribution in [0.3, 0.4) is 0 Å². The smallest absolute Gasteiger partial charge is 0.255 e. The number of carbonyl (C=O) groups excluding carboxylic acids is 1. The zero-order valence-corrected chi connectivity index (χ0v) is 12.4. The largest absolute Gasteiger partial charge is 0.486 e. The van der Waals surface area contributed by atoms with Crippen LogP contribution in [0.2, 0.25) is 0 Å². The Kier molecular flexibility index (Phi) is 3.79. The van der Waals surface area contributed by atoms with Gasteiger partial charge in [-0.3, -0.25) is 4.79 Å². The van der Waals surface area contributed by atoms with E-state index in [9.17, 15) is 9.18 Å². The van der Waals surface area contributed by atoms with E-state index in [1.54, 1.807) is 18.2 Å². The Balaban J connectivity index is 1.86. The Morgan fingerprint density at radius 1 is 1.14 bits per heavy atom. The van der Waals surface area contributed by atoms with Crippen LogP contribution in [0.1, 0.15) is 10.4 Å². The third kappa shape index (κ3) is 3.00. The number of halogens is 2. The number of benzene rings is 2. The standard InChI is InChI=1S/C15H11BrFNO3/c16-11-7-13-14(21-5-4-20-13)8-12(11)18-15(19)9-2-1-3-10(17)6-9/h1-3,6-8H,4-5H2,(H,18,19). The number of amides is 1. The van der Waals surface area contributed by atoms with Crippen molar-refractivity contribution in [1.29, 1.82) is 0 Å². The summed E-state index contributed by atoms with van der Waals surface area (Å²) in [7, 11) is 0. The molecule has 108 valence electrons. The van der Waals surface area contributed by atoms with Crippen molar-refractivity contribution in [2.75, 3.05) is 18.5 Å². The predicted molar refractivity (Wildman–Crippen MR) is 79.5 cm³/mol. The Labute approximate surface area is 129 Å². The van der Waals surface area contributed by atoms with Crippen LogP contribution in [-0.4, -0.2) is 19.1 Å². The van der Waals surface area contributed by atoms with Crippen molar-refractivity contribution in [3.05, 3.63) is 52.3 Å². The zero-order chi connectivity index (χ0) is 14.8. The molecule has 1 amide bonds. The van der Waals surface area contributed by atoms with Crippen LogP contribution in [0.5, 0.6) is 11.5 Å². The number of ether oxygens (including phenoxy) is 2. The second-order valence-electron chi connectivity index (χ2n) is 4.44. The van der Waals surface area contributed by atoms with Crippen LogP contribution in [0.4, 0.5) is 10.1 Å². The number of fused-ring (bicyclic) bond motifs is 1. The number of rotatable bonds is 2. The summed E-state index contributed by atoms with van der Waals surface area (Å²) in [6.45, 7) is 0.959. The zero-order valence-electron chi connectivity index (χ0n) is 10.9. The summed E-state index contributed by atoms with van der Waals surface area (Å²) in [4.78, 5) is 12.1. The van der Waals surface area contributed by atoms with Gasteiger partial charge in [0, 0.05) is 22.2 Å². The summed E-state index contributed by atoms with van der Waals surface area (Å²) in [5.41, 5.74) is 0.783. The summed E-state index contributed by atoms with van der Waals surface area (Å²) in [5, 5.41) is 2.72. The lowest BCUT2D eigenvalue weighted by atomic mass is 10.2. The van der Waals surface area contributed by atoms with Gasteiger partial charge in [-0.05, 0) is 34.1 Å². The van der Waals surface area contributed by atoms with E-state index in [1.807, 2.05) is 0 Å². The highest BCUT2D eigenvalue weighted by Crippen LogP contribution is 2.38. The molecule has 0 saturated heterocycles. The van der Waals surface area contributed by atoms with Gasteiger partial charge in [0.15, 0.2) is 11.5 Å². The Bertz CT molecular complexity index is 705.